The van der Waals surface area contributed by atoms with Gasteiger partial charge in [-0.1, -0.05) is 6.92 Å². The lowest BCUT2D eigenvalue weighted by Crippen LogP contribution is -2.13. The van der Waals surface area contributed by atoms with Gasteiger partial charge in [-0.2, -0.15) is 0 Å². The summed E-state index contributed by atoms with van der Waals surface area (Å²) in [5, 5.41) is 5.11. The molecule has 0 atom stereocenters. The third kappa shape index (κ3) is 1.29. The summed E-state index contributed by atoms with van der Waals surface area (Å²) in [5.74, 6) is 1.05. The zero-order valence-electron chi connectivity index (χ0n) is 7.99. The van der Waals surface area contributed by atoms with Crippen molar-refractivity contribution in [2.24, 2.45) is 5.14 Å². The highest BCUT2D eigenvalue weighted by atomic mass is 32.2. The monoisotopic (exact) mass is 213 g/mol. The van der Waals surface area contributed by atoms with Gasteiger partial charge in [0, 0.05) is 0 Å². The van der Waals surface area contributed by atoms with Gasteiger partial charge < -0.3 is 4.74 Å². The summed E-state index contributed by atoms with van der Waals surface area (Å²) in [6.45, 7) is 3.71. The molecule has 76 valence electrons. The molecule has 0 bridgehead atoms. The van der Waals surface area contributed by atoms with Gasteiger partial charge in [-0.15, -0.1) is 0 Å². The van der Waals surface area contributed by atoms with Gasteiger partial charge in [-0.3, -0.25) is 0 Å². The number of aryl methyl sites for hydroxylation is 1. The highest BCUT2D eigenvalue weighted by Crippen LogP contribution is 2.52. The van der Waals surface area contributed by atoms with E-state index < -0.39 is 10.0 Å². The van der Waals surface area contributed by atoms with Crippen LogP contribution >= 0.6 is 0 Å². The standard InChI is InChI=1S/C9H11NO3S/c1-3-6-4-7-8(13-7)9(5(6)2)14(10,11)12/h4H,3H2,1-2H3,(H2,10,11,12). The Morgan fingerprint density at radius 2 is 2.14 bits per heavy atom. The number of sulfonamides is 1. The third-order valence-corrected chi connectivity index (χ3v) is 3.45. The number of hydrogen-bond acceptors (Lipinski definition) is 3. The molecule has 5 heteroatoms. The maximum Gasteiger partial charge on any atom is 0.242 e. The van der Waals surface area contributed by atoms with Crippen LogP contribution in [0.5, 0.6) is 11.5 Å². The van der Waals surface area contributed by atoms with E-state index in [0.717, 1.165) is 12.0 Å². The Morgan fingerprint density at radius 3 is 2.64 bits per heavy atom. The molecule has 1 aliphatic heterocycles. The number of primary sulfonamides is 1. The second kappa shape index (κ2) is 2.71. The van der Waals surface area contributed by atoms with Gasteiger partial charge in [0.2, 0.25) is 10.0 Å². The van der Waals surface area contributed by atoms with Crippen molar-refractivity contribution >= 4 is 10.0 Å². The van der Waals surface area contributed by atoms with E-state index in [2.05, 4.69) is 0 Å². The Bertz CT molecular complexity index is 505. The Kier molecular flexibility index (Phi) is 1.84. The van der Waals surface area contributed by atoms with Crippen molar-refractivity contribution in [1.29, 1.82) is 0 Å². The first-order valence-corrected chi connectivity index (χ1v) is 5.87. The summed E-state index contributed by atoms with van der Waals surface area (Å²) < 4.78 is 27.6. The molecule has 1 aromatic rings. The molecule has 0 unspecified atom stereocenters. The van der Waals surface area contributed by atoms with E-state index in [9.17, 15) is 8.42 Å². The molecule has 1 aromatic carbocycles. The maximum atomic E-state index is 11.3. The molecule has 0 aliphatic carbocycles. The van der Waals surface area contributed by atoms with Gasteiger partial charge in [-0.05, 0) is 30.5 Å². The molecular weight excluding hydrogens is 202 g/mol. The second-order valence-corrected chi connectivity index (χ2v) is 4.82. The number of fused-ring (bicyclic) bond motifs is 1. The smallest absolute Gasteiger partial charge is 0.242 e. The van der Waals surface area contributed by atoms with Gasteiger partial charge in [0.05, 0.1) is 0 Å². The van der Waals surface area contributed by atoms with E-state index in [1.54, 1.807) is 6.92 Å². The first-order valence-electron chi connectivity index (χ1n) is 4.32. The van der Waals surface area contributed by atoms with Crippen molar-refractivity contribution in [2.75, 3.05) is 0 Å². The molecule has 2 N–H and O–H groups in total. The lowest BCUT2D eigenvalue weighted by molar-refractivity contribution is 0.590. The molecule has 0 saturated heterocycles. The van der Waals surface area contributed by atoms with Crippen LogP contribution in [-0.2, 0) is 16.4 Å². The maximum absolute atomic E-state index is 11.3. The van der Waals surface area contributed by atoms with Crippen molar-refractivity contribution in [2.45, 2.75) is 25.2 Å². The number of hydrogen-bond donors (Lipinski definition) is 1. The second-order valence-electron chi connectivity index (χ2n) is 3.32. The van der Waals surface area contributed by atoms with Crippen LogP contribution in [0.1, 0.15) is 18.1 Å². The van der Waals surface area contributed by atoms with E-state index in [4.69, 9.17) is 9.88 Å². The molecule has 2 rings (SSSR count). The molecule has 1 aliphatic rings. The Balaban J connectivity index is 2.74. The van der Waals surface area contributed by atoms with Crippen molar-refractivity contribution < 1.29 is 13.2 Å². The van der Waals surface area contributed by atoms with Gasteiger partial charge in [0.1, 0.15) is 4.90 Å². The highest BCUT2D eigenvalue weighted by Gasteiger charge is 2.33. The molecule has 4 nitrogen and oxygen atoms in total. The number of benzene rings is 1. The molecule has 0 radical (unpaired) electrons. The molecule has 0 spiro atoms. The lowest BCUT2D eigenvalue weighted by Gasteiger charge is -2.04. The largest absolute Gasteiger partial charge is 0.448 e. The molecule has 0 saturated carbocycles. The predicted octanol–water partition coefficient (Wildman–Crippen LogP) is 1.31. The summed E-state index contributed by atoms with van der Waals surface area (Å²) in [6, 6.07) is 1.86. The first kappa shape index (κ1) is 9.48. The van der Waals surface area contributed by atoms with Crippen LogP contribution in [0.4, 0.5) is 0 Å². The summed E-state index contributed by atoms with van der Waals surface area (Å²) in [5.41, 5.74) is 1.66. The zero-order valence-corrected chi connectivity index (χ0v) is 8.81. The highest BCUT2D eigenvalue weighted by molar-refractivity contribution is 7.89. The minimum Gasteiger partial charge on any atom is -0.448 e. The van der Waals surface area contributed by atoms with E-state index in [1.165, 1.54) is 0 Å². The fourth-order valence-corrected chi connectivity index (χ4v) is 2.59. The van der Waals surface area contributed by atoms with Crippen LogP contribution in [0.2, 0.25) is 0 Å². The lowest BCUT2D eigenvalue weighted by atomic mass is 10.1. The number of rotatable bonds is 2. The van der Waals surface area contributed by atoms with E-state index >= 15 is 0 Å². The molecule has 0 aromatic heterocycles. The van der Waals surface area contributed by atoms with Crippen LogP contribution in [-0.4, -0.2) is 8.42 Å². The van der Waals surface area contributed by atoms with Gasteiger partial charge >= 0.3 is 0 Å². The van der Waals surface area contributed by atoms with E-state index in [-0.39, 0.29) is 4.90 Å². The molecule has 1 heterocycles. The Hall–Kier alpha value is -1.07. The molecule has 0 fully saturated rings. The van der Waals surface area contributed by atoms with Crippen LogP contribution in [0.15, 0.2) is 11.0 Å². The minimum atomic E-state index is -3.67. The van der Waals surface area contributed by atoms with Crippen molar-refractivity contribution in [3.05, 3.63) is 17.2 Å². The van der Waals surface area contributed by atoms with E-state index in [1.807, 2.05) is 13.0 Å². The summed E-state index contributed by atoms with van der Waals surface area (Å²) in [7, 11) is -3.67. The third-order valence-electron chi connectivity index (χ3n) is 2.39. The number of nitrogens with two attached hydrogens (primary N) is 1. The molecule has 14 heavy (non-hydrogen) atoms. The summed E-state index contributed by atoms with van der Waals surface area (Å²) in [4.78, 5) is 0.145. The fourth-order valence-electron chi connectivity index (χ4n) is 1.63. The SMILES string of the molecule is CCc1cc2c(c(S(N)(=O)=O)c1C)O2. The summed E-state index contributed by atoms with van der Waals surface area (Å²) >= 11 is 0. The average Bonchev–Trinajstić information content (AvgIpc) is 2.78. The van der Waals surface area contributed by atoms with Crippen molar-refractivity contribution in [3.63, 3.8) is 0 Å². The normalized spacial score (nSPS) is 13.4. The van der Waals surface area contributed by atoms with Crippen LogP contribution in [0, 0.1) is 6.92 Å². The average molecular weight is 213 g/mol. The predicted molar refractivity (Wildman–Crippen MR) is 52.0 cm³/mol. The van der Waals surface area contributed by atoms with Crippen LogP contribution in [0.3, 0.4) is 0 Å². The van der Waals surface area contributed by atoms with Crippen LogP contribution in [0.25, 0.3) is 0 Å². The topological polar surface area (TPSA) is 72.7 Å². The zero-order chi connectivity index (χ0) is 10.5. The minimum absolute atomic E-state index is 0.145. The Morgan fingerprint density at radius 1 is 1.50 bits per heavy atom. The Labute approximate surface area is 82.7 Å². The van der Waals surface area contributed by atoms with Crippen molar-refractivity contribution in [3.8, 4) is 11.5 Å². The van der Waals surface area contributed by atoms with Gasteiger partial charge in [-0.25, -0.2) is 13.6 Å². The first-order chi connectivity index (χ1) is 6.45. The molecular formula is C9H11NO3S. The fraction of sp³-hybridized carbons (Fsp3) is 0.333. The van der Waals surface area contributed by atoms with Crippen molar-refractivity contribution in [1.82, 2.24) is 0 Å². The van der Waals surface area contributed by atoms with E-state index in [0.29, 0.717) is 17.1 Å². The van der Waals surface area contributed by atoms with Gasteiger partial charge in [0.15, 0.2) is 11.5 Å². The van der Waals surface area contributed by atoms with Crippen LogP contribution < -0.4 is 9.88 Å². The molecule has 0 amide bonds. The quantitative estimate of drug-likeness (QED) is 0.764. The van der Waals surface area contributed by atoms with Gasteiger partial charge in [0.25, 0.3) is 0 Å². The summed E-state index contributed by atoms with van der Waals surface area (Å²) in [6.07, 6.45) is 0.769. The number of ether oxygens (including phenoxy) is 1.